The van der Waals surface area contributed by atoms with E-state index in [2.05, 4.69) is 59.2 Å². The van der Waals surface area contributed by atoms with Crippen molar-refractivity contribution < 1.29 is 4.39 Å². The van der Waals surface area contributed by atoms with Crippen LogP contribution >= 0.6 is 24.0 Å². The average Bonchev–Trinajstić information content (AvgIpc) is 3.15. The van der Waals surface area contributed by atoms with Gasteiger partial charge in [-0.2, -0.15) is 0 Å². The van der Waals surface area contributed by atoms with Crippen molar-refractivity contribution in [2.45, 2.75) is 54.6 Å². The van der Waals surface area contributed by atoms with Crippen molar-refractivity contribution in [2.75, 3.05) is 26.7 Å². The normalized spacial score (nSPS) is 22.2. The Hall–Kier alpha value is -2.09. The number of halogens is 1. The fourth-order valence-electron chi connectivity index (χ4n) is 5.58. The van der Waals surface area contributed by atoms with Crippen LogP contribution in [0, 0.1) is 5.82 Å². The van der Waals surface area contributed by atoms with Gasteiger partial charge in [-0.05, 0) is 87.4 Å². The van der Waals surface area contributed by atoms with E-state index < -0.39 is 0 Å². The molecule has 0 saturated carbocycles. The summed E-state index contributed by atoms with van der Waals surface area (Å²) in [7, 11) is 2.25. The summed E-state index contributed by atoms with van der Waals surface area (Å²) in [6, 6.07) is 14.2. The minimum Gasteiger partial charge on any atom is -0.359 e. The molecule has 2 aliphatic rings. The van der Waals surface area contributed by atoms with Crippen molar-refractivity contribution in [3.63, 3.8) is 0 Å². The number of H-pyrrole nitrogens is 1. The highest BCUT2D eigenvalue weighted by Gasteiger charge is 2.40. The van der Waals surface area contributed by atoms with E-state index in [9.17, 15) is 4.39 Å². The molecule has 1 fully saturated rings. The summed E-state index contributed by atoms with van der Waals surface area (Å²) < 4.78 is 13.4. The van der Waals surface area contributed by atoms with Gasteiger partial charge in [-0.15, -0.1) is 0 Å². The lowest BCUT2D eigenvalue weighted by atomic mass is 9.74. The standard InChI is InChI=1S/C26H31FN4S2/c1-4-31(5-2)26(32)28-17-13-20-19-7-6-8-22-24(19)21(14-23(20)30(3)15-17)25(29-22)33-18-11-9-16(27)10-12-18/h6-12,17,20,23,29H,4-5,13-15H2,1-3H3,(H,28,32)/t17-,20+,23+/m0/s1. The van der Waals surface area contributed by atoms with Crippen LogP contribution in [0.3, 0.4) is 0 Å². The van der Waals surface area contributed by atoms with Gasteiger partial charge in [0.05, 0.1) is 5.03 Å². The second-order valence-electron chi connectivity index (χ2n) is 9.13. The molecule has 4 nitrogen and oxygen atoms in total. The predicted octanol–water partition coefficient (Wildman–Crippen LogP) is 5.39. The largest absolute Gasteiger partial charge is 0.359 e. The van der Waals surface area contributed by atoms with Gasteiger partial charge in [0, 0.05) is 53.4 Å². The first kappa shape index (κ1) is 22.7. The lowest BCUT2D eigenvalue weighted by molar-refractivity contribution is 0.133. The summed E-state index contributed by atoms with van der Waals surface area (Å²) in [6.07, 6.45) is 2.11. The Kier molecular flexibility index (Phi) is 6.38. The Morgan fingerprint density at radius 2 is 1.97 bits per heavy atom. The molecule has 0 unspecified atom stereocenters. The molecule has 3 atom stereocenters. The Balaban J connectivity index is 1.45. The number of piperidine rings is 1. The smallest absolute Gasteiger partial charge is 0.169 e. The molecule has 2 aromatic carbocycles. The maximum absolute atomic E-state index is 13.4. The summed E-state index contributed by atoms with van der Waals surface area (Å²) in [4.78, 5) is 9.44. The van der Waals surface area contributed by atoms with Gasteiger partial charge in [0.2, 0.25) is 0 Å². The van der Waals surface area contributed by atoms with Gasteiger partial charge >= 0.3 is 0 Å². The van der Waals surface area contributed by atoms with Crippen LogP contribution in [-0.4, -0.2) is 58.7 Å². The monoisotopic (exact) mass is 482 g/mol. The quantitative estimate of drug-likeness (QED) is 0.477. The van der Waals surface area contributed by atoms with Crippen LogP contribution in [0.15, 0.2) is 52.4 Å². The molecule has 1 saturated heterocycles. The fourth-order valence-corrected chi connectivity index (χ4v) is 6.99. The maximum Gasteiger partial charge on any atom is 0.169 e. The SMILES string of the molecule is CCN(CC)C(=S)N[C@H]1C[C@@H]2c3cccc4[nH]c(Sc5ccc(F)cc5)c(c34)C[C@H]2N(C)C1. The van der Waals surface area contributed by atoms with Crippen molar-refractivity contribution >= 4 is 40.0 Å². The van der Waals surface area contributed by atoms with Crippen LogP contribution in [-0.2, 0) is 6.42 Å². The third-order valence-corrected chi connectivity index (χ3v) is 8.66. The molecular weight excluding hydrogens is 451 g/mol. The third kappa shape index (κ3) is 4.27. The molecule has 0 spiro atoms. The number of hydrogen-bond acceptors (Lipinski definition) is 3. The van der Waals surface area contributed by atoms with E-state index in [0.29, 0.717) is 18.0 Å². The number of aromatic amines is 1. The fraction of sp³-hybridized carbons (Fsp3) is 0.423. The Labute approximate surface area is 204 Å². The number of thiocarbonyl (C=S) groups is 1. The van der Waals surface area contributed by atoms with E-state index >= 15 is 0 Å². The van der Waals surface area contributed by atoms with E-state index in [4.69, 9.17) is 12.2 Å². The Morgan fingerprint density at radius 1 is 1.21 bits per heavy atom. The molecule has 174 valence electrons. The molecule has 33 heavy (non-hydrogen) atoms. The van der Waals surface area contributed by atoms with Crippen molar-refractivity contribution in [1.29, 1.82) is 0 Å². The number of fused-ring (bicyclic) bond motifs is 2. The van der Waals surface area contributed by atoms with E-state index in [-0.39, 0.29) is 5.82 Å². The van der Waals surface area contributed by atoms with Gasteiger partial charge in [0.1, 0.15) is 5.82 Å². The van der Waals surface area contributed by atoms with Crippen LogP contribution in [0.2, 0.25) is 0 Å². The predicted molar refractivity (Wildman–Crippen MR) is 139 cm³/mol. The lowest BCUT2D eigenvalue weighted by Crippen LogP contribution is -2.56. The molecule has 3 aromatic rings. The number of rotatable bonds is 5. The zero-order valence-electron chi connectivity index (χ0n) is 19.4. The molecule has 1 aromatic heterocycles. The molecule has 7 heteroatoms. The van der Waals surface area contributed by atoms with Gasteiger partial charge in [-0.3, -0.25) is 0 Å². The van der Waals surface area contributed by atoms with E-state index in [1.165, 1.54) is 39.2 Å². The number of nitrogens with one attached hydrogen (secondary N) is 2. The highest BCUT2D eigenvalue weighted by molar-refractivity contribution is 7.99. The summed E-state index contributed by atoms with van der Waals surface area (Å²) in [5.41, 5.74) is 4.03. The minimum atomic E-state index is -0.199. The van der Waals surface area contributed by atoms with Crippen LogP contribution in [0.1, 0.15) is 37.3 Å². The molecule has 0 radical (unpaired) electrons. The van der Waals surface area contributed by atoms with Gasteiger partial charge in [0.15, 0.2) is 5.11 Å². The molecule has 1 aliphatic carbocycles. The number of hydrogen-bond donors (Lipinski definition) is 2. The van der Waals surface area contributed by atoms with Crippen LogP contribution in [0.25, 0.3) is 10.9 Å². The van der Waals surface area contributed by atoms with Crippen molar-refractivity contribution in [1.82, 2.24) is 20.1 Å². The zero-order valence-corrected chi connectivity index (χ0v) is 21.0. The van der Waals surface area contributed by atoms with Gasteiger partial charge in [-0.25, -0.2) is 4.39 Å². The second-order valence-corrected chi connectivity index (χ2v) is 10.6. The topological polar surface area (TPSA) is 34.3 Å². The third-order valence-electron chi connectivity index (χ3n) is 7.22. The summed E-state index contributed by atoms with van der Waals surface area (Å²) in [5, 5.41) is 7.08. The van der Waals surface area contributed by atoms with Gasteiger partial charge in [-0.1, -0.05) is 23.9 Å². The summed E-state index contributed by atoms with van der Waals surface area (Å²) in [6.45, 7) is 7.14. The summed E-state index contributed by atoms with van der Waals surface area (Å²) in [5.74, 6) is 0.270. The summed E-state index contributed by atoms with van der Waals surface area (Å²) >= 11 is 7.40. The van der Waals surface area contributed by atoms with Gasteiger partial charge in [0.25, 0.3) is 0 Å². The minimum absolute atomic E-state index is 0.199. The van der Waals surface area contributed by atoms with Crippen molar-refractivity contribution in [2.24, 2.45) is 0 Å². The number of likely N-dealkylation sites (N-methyl/N-ethyl adjacent to an activating group) is 1. The molecule has 0 bridgehead atoms. The number of aromatic nitrogens is 1. The van der Waals surface area contributed by atoms with E-state index in [0.717, 1.165) is 42.5 Å². The van der Waals surface area contributed by atoms with E-state index in [1.807, 2.05) is 12.1 Å². The van der Waals surface area contributed by atoms with Crippen LogP contribution in [0.5, 0.6) is 0 Å². The Bertz CT molecular complexity index is 1160. The highest BCUT2D eigenvalue weighted by Crippen LogP contribution is 2.46. The molecular formula is C26H31FN4S2. The molecule has 0 amide bonds. The average molecular weight is 483 g/mol. The number of likely N-dealkylation sites (tertiary alicyclic amines) is 1. The Morgan fingerprint density at radius 3 is 2.70 bits per heavy atom. The first-order chi connectivity index (χ1) is 16.0. The van der Waals surface area contributed by atoms with Gasteiger partial charge < -0.3 is 20.1 Å². The maximum atomic E-state index is 13.4. The highest BCUT2D eigenvalue weighted by atomic mass is 32.2. The van der Waals surface area contributed by atoms with Crippen molar-refractivity contribution in [3.05, 3.63) is 59.4 Å². The molecule has 2 N–H and O–H groups in total. The zero-order chi connectivity index (χ0) is 23.1. The molecule has 1 aliphatic heterocycles. The first-order valence-corrected chi connectivity index (χ1v) is 13.0. The molecule has 5 rings (SSSR count). The van der Waals surface area contributed by atoms with Crippen molar-refractivity contribution in [3.8, 4) is 0 Å². The number of nitrogens with zero attached hydrogens (tertiary/aromatic N) is 2. The first-order valence-electron chi connectivity index (χ1n) is 11.8. The van der Waals surface area contributed by atoms with Crippen LogP contribution < -0.4 is 5.32 Å². The lowest BCUT2D eigenvalue weighted by Gasteiger charge is -2.46. The molecule has 2 heterocycles. The second kappa shape index (κ2) is 9.28. The van der Waals surface area contributed by atoms with Crippen LogP contribution in [0.4, 0.5) is 4.39 Å². The number of benzene rings is 2. The van der Waals surface area contributed by atoms with E-state index in [1.54, 1.807) is 11.8 Å².